The van der Waals surface area contributed by atoms with Gasteiger partial charge in [-0.15, -0.1) is 0 Å². The first-order valence-electron chi connectivity index (χ1n) is 9.91. The number of benzene rings is 1. The van der Waals surface area contributed by atoms with Gasteiger partial charge < -0.3 is 29.2 Å². The summed E-state index contributed by atoms with van der Waals surface area (Å²) in [6.45, 7) is 2.70. The van der Waals surface area contributed by atoms with Gasteiger partial charge in [-0.05, 0) is 30.3 Å². The van der Waals surface area contributed by atoms with Gasteiger partial charge in [-0.1, -0.05) is 0 Å². The standard InChI is InChI=1S/C22H25N5O4/c1-28-17-5-4-15(14-18(17)29-2)19-20(30-3)21(24-16-6-8-23-9-7-16)26-22(25-19)27-10-12-31-13-11-27/h4-9,14H,10-13H2,1-3H3,(H,23,24,25,26). The molecule has 4 rings (SSSR count). The lowest BCUT2D eigenvalue weighted by molar-refractivity contribution is 0.122. The summed E-state index contributed by atoms with van der Waals surface area (Å²) in [5.74, 6) is 2.95. The molecular formula is C22H25N5O4. The second-order valence-electron chi connectivity index (χ2n) is 6.78. The molecule has 0 radical (unpaired) electrons. The molecule has 2 aromatic heterocycles. The Kier molecular flexibility index (Phi) is 6.32. The smallest absolute Gasteiger partial charge is 0.228 e. The highest BCUT2D eigenvalue weighted by atomic mass is 16.5. The normalized spacial score (nSPS) is 13.6. The first kappa shape index (κ1) is 20.7. The number of morpholine rings is 1. The molecule has 3 heterocycles. The molecule has 0 atom stereocenters. The van der Waals surface area contributed by atoms with E-state index in [-0.39, 0.29) is 0 Å². The van der Waals surface area contributed by atoms with Crippen LogP contribution in [-0.4, -0.2) is 62.6 Å². The number of nitrogens with zero attached hydrogens (tertiary/aromatic N) is 4. The first-order valence-corrected chi connectivity index (χ1v) is 9.91. The number of ether oxygens (including phenoxy) is 4. The van der Waals surface area contributed by atoms with Crippen LogP contribution in [0.5, 0.6) is 17.2 Å². The molecular weight excluding hydrogens is 398 g/mol. The Morgan fingerprint density at radius 1 is 0.903 bits per heavy atom. The van der Waals surface area contributed by atoms with Gasteiger partial charge in [-0.2, -0.15) is 4.98 Å². The topological polar surface area (TPSA) is 90.9 Å². The monoisotopic (exact) mass is 423 g/mol. The molecule has 9 nitrogen and oxygen atoms in total. The van der Waals surface area contributed by atoms with Crippen LogP contribution in [0.1, 0.15) is 0 Å². The molecule has 3 aromatic rings. The van der Waals surface area contributed by atoms with Crippen molar-refractivity contribution in [3.8, 4) is 28.5 Å². The van der Waals surface area contributed by atoms with Crippen molar-refractivity contribution in [1.29, 1.82) is 0 Å². The quantitative estimate of drug-likeness (QED) is 0.615. The zero-order valence-corrected chi connectivity index (χ0v) is 17.8. The van der Waals surface area contributed by atoms with Gasteiger partial charge in [0.05, 0.1) is 34.5 Å². The van der Waals surface area contributed by atoms with E-state index in [0.29, 0.717) is 61.0 Å². The van der Waals surface area contributed by atoms with Gasteiger partial charge in [-0.3, -0.25) is 4.98 Å². The highest BCUT2D eigenvalue weighted by molar-refractivity contribution is 5.78. The van der Waals surface area contributed by atoms with Crippen LogP contribution in [0, 0.1) is 0 Å². The van der Waals surface area contributed by atoms with Gasteiger partial charge >= 0.3 is 0 Å². The average Bonchev–Trinajstić information content (AvgIpc) is 2.84. The Balaban J connectivity index is 1.85. The summed E-state index contributed by atoms with van der Waals surface area (Å²) in [5.41, 5.74) is 2.32. The largest absolute Gasteiger partial charge is 0.493 e. The third-order valence-electron chi connectivity index (χ3n) is 4.95. The third-order valence-corrected chi connectivity index (χ3v) is 4.95. The van der Waals surface area contributed by atoms with E-state index < -0.39 is 0 Å². The maximum Gasteiger partial charge on any atom is 0.228 e. The van der Waals surface area contributed by atoms with E-state index >= 15 is 0 Å². The molecule has 31 heavy (non-hydrogen) atoms. The van der Waals surface area contributed by atoms with E-state index in [1.165, 1.54) is 0 Å². The van der Waals surface area contributed by atoms with Crippen LogP contribution < -0.4 is 24.4 Å². The molecule has 1 aliphatic rings. The first-order chi connectivity index (χ1) is 15.2. The van der Waals surface area contributed by atoms with Gasteiger partial charge in [0.15, 0.2) is 23.1 Å². The number of methoxy groups -OCH3 is 3. The molecule has 1 aromatic carbocycles. The Morgan fingerprint density at radius 3 is 2.32 bits per heavy atom. The summed E-state index contributed by atoms with van der Waals surface area (Å²) in [6.07, 6.45) is 3.43. The van der Waals surface area contributed by atoms with Crippen LogP contribution in [-0.2, 0) is 4.74 Å². The average molecular weight is 423 g/mol. The summed E-state index contributed by atoms with van der Waals surface area (Å²) < 4.78 is 22.1. The summed E-state index contributed by atoms with van der Waals surface area (Å²) in [5, 5.41) is 3.33. The van der Waals surface area contributed by atoms with E-state index in [1.807, 2.05) is 30.3 Å². The molecule has 0 unspecified atom stereocenters. The Bertz CT molecular complexity index is 1030. The van der Waals surface area contributed by atoms with Crippen molar-refractivity contribution >= 4 is 17.5 Å². The maximum atomic E-state index is 5.76. The minimum absolute atomic E-state index is 0.529. The molecule has 1 N–H and O–H groups in total. The summed E-state index contributed by atoms with van der Waals surface area (Å²) in [7, 11) is 4.82. The number of aromatic nitrogens is 3. The summed E-state index contributed by atoms with van der Waals surface area (Å²) in [4.78, 5) is 15.8. The van der Waals surface area contributed by atoms with Crippen molar-refractivity contribution in [3.63, 3.8) is 0 Å². The van der Waals surface area contributed by atoms with Crippen molar-refractivity contribution in [2.24, 2.45) is 0 Å². The van der Waals surface area contributed by atoms with Crippen LogP contribution in [0.2, 0.25) is 0 Å². The van der Waals surface area contributed by atoms with Crippen molar-refractivity contribution in [2.75, 3.05) is 57.8 Å². The number of hydrogen-bond donors (Lipinski definition) is 1. The van der Waals surface area contributed by atoms with Crippen molar-refractivity contribution in [2.45, 2.75) is 0 Å². The SMILES string of the molecule is COc1ccc(-c2nc(N3CCOCC3)nc(Nc3ccncc3)c2OC)cc1OC. The van der Waals surface area contributed by atoms with Gasteiger partial charge in [0.1, 0.15) is 5.69 Å². The minimum Gasteiger partial charge on any atom is -0.493 e. The summed E-state index contributed by atoms with van der Waals surface area (Å²) >= 11 is 0. The van der Waals surface area contributed by atoms with E-state index in [4.69, 9.17) is 28.9 Å². The predicted molar refractivity (Wildman–Crippen MR) is 118 cm³/mol. The maximum absolute atomic E-state index is 5.76. The second-order valence-corrected chi connectivity index (χ2v) is 6.78. The number of pyridine rings is 1. The highest BCUT2D eigenvalue weighted by Crippen LogP contribution is 2.40. The minimum atomic E-state index is 0.529. The fourth-order valence-corrected chi connectivity index (χ4v) is 3.37. The Labute approximate surface area is 181 Å². The van der Waals surface area contributed by atoms with Crippen LogP contribution in [0.4, 0.5) is 17.5 Å². The van der Waals surface area contributed by atoms with Crippen molar-refractivity contribution in [3.05, 3.63) is 42.7 Å². The Hall–Kier alpha value is -3.59. The molecule has 0 saturated carbocycles. The molecule has 1 aliphatic heterocycles. The lowest BCUT2D eigenvalue weighted by atomic mass is 10.1. The molecule has 0 aliphatic carbocycles. The lowest BCUT2D eigenvalue weighted by Gasteiger charge is -2.28. The number of rotatable bonds is 7. The molecule has 162 valence electrons. The van der Waals surface area contributed by atoms with Gasteiger partial charge in [0.2, 0.25) is 5.95 Å². The third kappa shape index (κ3) is 4.46. The molecule has 0 bridgehead atoms. The van der Waals surface area contributed by atoms with Gasteiger partial charge in [-0.25, -0.2) is 4.98 Å². The zero-order valence-electron chi connectivity index (χ0n) is 17.8. The molecule has 1 saturated heterocycles. The van der Waals surface area contributed by atoms with E-state index in [0.717, 1.165) is 11.3 Å². The van der Waals surface area contributed by atoms with Crippen LogP contribution in [0.15, 0.2) is 42.7 Å². The number of anilines is 3. The van der Waals surface area contributed by atoms with Crippen LogP contribution in [0.25, 0.3) is 11.3 Å². The summed E-state index contributed by atoms with van der Waals surface area (Å²) in [6, 6.07) is 9.38. The van der Waals surface area contributed by atoms with Crippen LogP contribution >= 0.6 is 0 Å². The second kappa shape index (κ2) is 9.48. The van der Waals surface area contributed by atoms with Crippen molar-refractivity contribution < 1.29 is 18.9 Å². The fourth-order valence-electron chi connectivity index (χ4n) is 3.37. The van der Waals surface area contributed by atoms with Gasteiger partial charge in [0, 0.05) is 36.7 Å². The van der Waals surface area contributed by atoms with E-state index in [1.54, 1.807) is 33.7 Å². The molecule has 0 amide bonds. The van der Waals surface area contributed by atoms with Crippen molar-refractivity contribution in [1.82, 2.24) is 15.0 Å². The lowest BCUT2D eigenvalue weighted by Crippen LogP contribution is -2.37. The van der Waals surface area contributed by atoms with Crippen LogP contribution in [0.3, 0.4) is 0 Å². The fraction of sp³-hybridized carbons (Fsp3) is 0.318. The predicted octanol–water partition coefficient (Wildman–Crippen LogP) is 3.14. The molecule has 9 heteroatoms. The van der Waals surface area contributed by atoms with E-state index in [9.17, 15) is 0 Å². The molecule has 1 fully saturated rings. The number of nitrogens with one attached hydrogen (secondary N) is 1. The highest BCUT2D eigenvalue weighted by Gasteiger charge is 2.22. The number of hydrogen-bond acceptors (Lipinski definition) is 9. The Morgan fingerprint density at radius 2 is 1.65 bits per heavy atom. The van der Waals surface area contributed by atoms with E-state index in [2.05, 4.69) is 15.2 Å². The zero-order chi connectivity index (χ0) is 21.6. The molecule has 0 spiro atoms. The van der Waals surface area contributed by atoms with Gasteiger partial charge in [0.25, 0.3) is 0 Å².